The van der Waals surface area contributed by atoms with E-state index in [1.165, 1.54) is 54.5 Å². The lowest BCUT2D eigenvalue weighted by atomic mass is 10.1. The largest absolute Gasteiger partial charge is 0.494 e. The van der Waals surface area contributed by atoms with Crippen LogP contribution in [0.15, 0.2) is 71.2 Å². The second-order valence-electron chi connectivity index (χ2n) is 8.47. The topological polar surface area (TPSA) is 142 Å². The smallest absolute Gasteiger partial charge is 0.343 e. The molecule has 1 amide bonds. The average Bonchev–Trinajstić information content (AvgIpc) is 3.33. The Balaban J connectivity index is 1.32. The van der Waals surface area contributed by atoms with Crippen molar-refractivity contribution in [3.05, 3.63) is 92.4 Å². The molecule has 1 fully saturated rings. The van der Waals surface area contributed by atoms with Gasteiger partial charge in [0.2, 0.25) is 5.91 Å². The number of nitro benzene ring substituents is 1. The number of Topliss-reactive ketones (excluding diaryl/α,β-unsaturated/α-hetero) is 1. The molecule has 12 heteroatoms. The lowest BCUT2D eigenvalue weighted by molar-refractivity contribution is -0.384. The molecule has 1 heterocycles. The van der Waals surface area contributed by atoms with Crippen molar-refractivity contribution >= 4 is 50.9 Å². The third kappa shape index (κ3) is 6.47. The van der Waals surface area contributed by atoms with Gasteiger partial charge in [-0.1, -0.05) is 15.9 Å². The van der Waals surface area contributed by atoms with Crippen LogP contribution in [-0.2, 0) is 14.3 Å². The number of halogens is 1. The summed E-state index contributed by atoms with van der Waals surface area (Å²) < 4.78 is 16.5. The second kappa shape index (κ2) is 11.9. The number of esters is 2. The molecular weight excluding hydrogens is 576 g/mol. The third-order valence-electron chi connectivity index (χ3n) is 5.94. The first-order chi connectivity index (χ1) is 18.7. The fourth-order valence-corrected chi connectivity index (χ4v) is 4.16. The van der Waals surface area contributed by atoms with Crippen molar-refractivity contribution in [1.29, 1.82) is 0 Å². The van der Waals surface area contributed by atoms with Crippen LogP contribution in [0.5, 0.6) is 11.5 Å². The van der Waals surface area contributed by atoms with Gasteiger partial charge in [0.1, 0.15) is 11.5 Å². The van der Waals surface area contributed by atoms with E-state index < -0.39 is 35.2 Å². The van der Waals surface area contributed by atoms with Crippen LogP contribution in [0.1, 0.15) is 27.1 Å². The summed E-state index contributed by atoms with van der Waals surface area (Å²) in [6.45, 7) is -0.569. The number of ether oxygens (including phenoxy) is 3. The first-order valence-corrected chi connectivity index (χ1v) is 12.4. The maximum Gasteiger partial charge on any atom is 0.343 e. The Hall–Kier alpha value is -4.58. The van der Waals surface area contributed by atoms with Gasteiger partial charge < -0.3 is 19.1 Å². The van der Waals surface area contributed by atoms with E-state index in [9.17, 15) is 29.3 Å². The fourth-order valence-electron chi connectivity index (χ4n) is 3.90. The van der Waals surface area contributed by atoms with E-state index in [0.717, 1.165) is 4.47 Å². The Morgan fingerprint density at radius 2 is 1.69 bits per heavy atom. The van der Waals surface area contributed by atoms with Crippen LogP contribution in [0.25, 0.3) is 0 Å². The van der Waals surface area contributed by atoms with Gasteiger partial charge in [0.25, 0.3) is 5.69 Å². The molecule has 0 N–H and O–H groups in total. The highest BCUT2D eigenvalue weighted by Gasteiger charge is 2.37. The van der Waals surface area contributed by atoms with Crippen LogP contribution in [-0.4, -0.2) is 48.8 Å². The van der Waals surface area contributed by atoms with E-state index >= 15 is 0 Å². The maximum absolute atomic E-state index is 12.6. The number of carbonyl (C=O) groups is 4. The number of anilines is 1. The quantitative estimate of drug-likeness (QED) is 0.116. The highest BCUT2D eigenvalue weighted by Crippen LogP contribution is 2.36. The Morgan fingerprint density at radius 1 is 1.03 bits per heavy atom. The molecule has 11 nitrogen and oxygen atoms in total. The number of nitrogens with zero attached hydrogens (tertiary/aromatic N) is 2. The lowest BCUT2D eigenvalue weighted by Gasteiger charge is -2.19. The molecule has 0 saturated carbocycles. The summed E-state index contributed by atoms with van der Waals surface area (Å²) in [6, 6.07) is 16.3. The minimum atomic E-state index is -0.828. The highest BCUT2D eigenvalue weighted by atomic mass is 79.9. The summed E-state index contributed by atoms with van der Waals surface area (Å²) in [5.41, 5.74) is 0.695. The number of amides is 1. The third-order valence-corrected chi connectivity index (χ3v) is 6.46. The van der Waals surface area contributed by atoms with Crippen LogP contribution >= 0.6 is 15.9 Å². The van der Waals surface area contributed by atoms with E-state index in [0.29, 0.717) is 11.3 Å². The molecule has 39 heavy (non-hydrogen) atoms. The van der Waals surface area contributed by atoms with Crippen molar-refractivity contribution in [3.8, 4) is 11.5 Å². The molecular formula is C27H21BrN2O9. The molecule has 3 aromatic rings. The van der Waals surface area contributed by atoms with Gasteiger partial charge in [0.15, 0.2) is 12.4 Å². The Morgan fingerprint density at radius 3 is 2.33 bits per heavy atom. The molecule has 3 aromatic carbocycles. The van der Waals surface area contributed by atoms with E-state index in [2.05, 4.69) is 15.9 Å². The monoisotopic (exact) mass is 596 g/mol. The van der Waals surface area contributed by atoms with Crippen molar-refractivity contribution in [2.24, 2.45) is 5.92 Å². The minimum absolute atomic E-state index is 0.0293. The predicted molar refractivity (Wildman–Crippen MR) is 141 cm³/mol. The summed E-state index contributed by atoms with van der Waals surface area (Å²) in [7, 11) is 1.32. The van der Waals surface area contributed by atoms with Crippen LogP contribution < -0.4 is 14.4 Å². The van der Waals surface area contributed by atoms with E-state index in [4.69, 9.17) is 14.2 Å². The van der Waals surface area contributed by atoms with E-state index in [1.54, 1.807) is 24.3 Å². The summed E-state index contributed by atoms with van der Waals surface area (Å²) in [5.74, 6) is -2.61. The van der Waals surface area contributed by atoms with Gasteiger partial charge in [-0.25, -0.2) is 4.79 Å². The van der Waals surface area contributed by atoms with Crippen molar-refractivity contribution in [1.82, 2.24) is 0 Å². The molecule has 200 valence electrons. The molecule has 0 unspecified atom stereocenters. The van der Waals surface area contributed by atoms with Crippen molar-refractivity contribution < 1.29 is 38.3 Å². The summed E-state index contributed by atoms with van der Waals surface area (Å²) in [4.78, 5) is 61.7. The summed E-state index contributed by atoms with van der Waals surface area (Å²) in [5, 5.41) is 11.0. The van der Waals surface area contributed by atoms with Gasteiger partial charge in [-0.2, -0.15) is 0 Å². The number of hydrogen-bond acceptors (Lipinski definition) is 9. The molecule has 1 saturated heterocycles. The molecule has 1 aliphatic rings. The summed E-state index contributed by atoms with van der Waals surface area (Å²) >= 11 is 3.29. The SMILES string of the molecule is COc1cc([N+](=O)[O-])ccc1N1C[C@H](C(=O)OCC(=O)c2ccc(OC(=O)c3ccc(Br)cc3)cc2)CC1=O. The van der Waals surface area contributed by atoms with Gasteiger partial charge in [-0.3, -0.25) is 24.5 Å². The molecule has 4 rings (SSSR count). The Kier molecular flexibility index (Phi) is 8.35. The van der Waals surface area contributed by atoms with Gasteiger partial charge >= 0.3 is 11.9 Å². The van der Waals surface area contributed by atoms with Crippen molar-refractivity contribution in [2.75, 3.05) is 25.2 Å². The standard InChI is InChI=1S/C27H21BrN2O9/c1-37-24-13-20(30(35)36)8-11-22(24)29-14-18(12-25(29)32)26(33)38-15-23(31)16-4-9-21(10-5-16)39-27(34)17-2-6-19(28)7-3-17/h2-11,13,18H,12,14-15H2,1H3/t18-/m1/s1. The number of nitro groups is 1. The number of ketones is 1. The minimum Gasteiger partial charge on any atom is -0.494 e. The van der Waals surface area contributed by atoms with Crippen LogP contribution in [0.4, 0.5) is 11.4 Å². The molecule has 0 radical (unpaired) electrons. The lowest BCUT2D eigenvalue weighted by Crippen LogP contribution is -2.27. The Labute approximate surface area is 230 Å². The van der Waals surface area contributed by atoms with Crippen LogP contribution in [0, 0.1) is 16.0 Å². The Bertz CT molecular complexity index is 1440. The van der Waals surface area contributed by atoms with Crippen LogP contribution in [0.3, 0.4) is 0 Å². The maximum atomic E-state index is 12.6. The first-order valence-electron chi connectivity index (χ1n) is 11.6. The molecule has 1 atom stereocenters. The number of methoxy groups -OCH3 is 1. The molecule has 0 bridgehead atoms. The number of benzene rings is 3. The number of carbonyl (C=O) groups excluding carboxylic acids is 4. The van der Waals surface area contributed by atoms with Crippen molar-refractivity contribution in [3.63, 3.8) is 0 Å². The number of non-ortho nitro benzene ring substituents is 1. The normalized spacial score (nSPS) is 14.6. The average molecular weight is 597 g/mol. The predicted octanol–water partition coefficient (Wildman–Crippen LogP) is 4.36. The van der Waals surface area contributed by atoms with E-state index in [-0.39, 0.29) is 41.6 Å². The highest BCUT2D eigenvalue weighted by molar-refractivity contribution is 9.10. The number of hydrogen-bond donors (Lipinski definition) is 0. The van der Waals surface area contributed by atoms with Crippen LogP contribution in [0.2, 0.25) is 0 Å². The summed E-state index contributed by atoms with van der Waals surface area (Å²) in [6.07, 6.45) is -0.147. The number of rotatable bonds is 9. The fraction of sp³-hybridized carbons (Fsp3) is 0.185. The van der Waals surface area contributed by atoms with Gasteiger partial charge in [-0.15, -0.1) is 0 Å². The second-order valence-corrected chi connectivity index (χ2v) is 9.39. The van der Waals surface area contributed by atoms with E-state index in [1.807, 2.05) is 0 Å². The zero-order chi connectivity index (χ0) is 28.1. The van der Waals surface area contributed by atoms with Gasteiger partial charge in [-0.05, 0) is 54.6 Å². The van der Waals surface area contributed by atoms with Crippen molar-refractivity contribution in [2.45, 2.75) is 6.42 Å². The van der Waals surface area contributed by atoms with Gasteiger partial charge in [0.05, 0.1) is 35.3 Å². The molecule has 1 aliphatic heterocycles. The zero-order valence-electron chi connectivity index (χ0n) is 20.5. The molecule has 0 aliphatic carbocycles. The van der Waals surface area contributed by atoms with Gasteiger partial charge in [0, 0.05) is 29.1 Å². The molecule has 0 aromatic heterocycles. The first kappa shape index (κ1) is 27.5. The zero-order valence-corrected chi connectivity index (χ0v) is 22.1. The molecule has 0 spiro atoms.